The zero-order valence-corrected chi connectivity index (χ0v) is 18.2. The zero-order valence-electron chi connectivity index (χ0n) is 16.6. The number of hydrogen-bond acceptors (Lipinski definition) is 6. The second-order valence-electron chi connectivity index (χ2n) is 6.85. The van der Waals surface area contributed by atoms with E-state index in [1.54, 1.807) is 42.1 Å². The number of hydrogen-bond donors (Lipinski definition) is 1. The van der Waals surface area contributed by atoms with Crippen LogP contribution in [0.25, 0.3) is 30.9 Å². The summed E-state index contributed by atoms with van der Waals surface area (Å²) in [6.07, 6.45) is 3.55. The van der Waals surface area contributed by atoms with Gasteiger partial charge in [0.2, 0.25) is 0 Å². The lowest BCUT2D eigenvalue weighted by atomic mass is 10.1. The Kier molecular flexibility index (Phi) is 4.52. The van der Waals surface area contributed by atoms with Gasteiger partial charge in [-0.2, -0.15) is 5.10 Å². The lowest BCUT2D eigenvalue weighted by Gasteiger charge is -2.07. The molecule has 30 heavy (non-hydrogen) atoms. The van der Waals surface area contributed by atoms with Crippen LogP contribution in [0.3, 0.4) is 0 Å². The summed E-state index contributed by atoms with van der Waals surface area (Å²) in [7, 11) is 3.58. The summed E-state index contributed by atoms with van der Waals surface area (Å²) in [5, 5.41) is 7.91. The molecule has 6 nitrogen and oxygen atoms in total. The van der Waals surface area contributed by atoms with Gasteiger partial charge in [0, 0.05) is 47.5 Å². The number of benzene rings is 1. The van der Waals surface area contributed by atoms with Crippen LogP contribution in [0.4, 0.5) is 0 Å². The standard InChI is InChI=1S/C22H18N4O2S2/c1-12-20(22(27)23-2)14-5-4-13(10-18(14)29-12)28-17-7-8-24-15-11-19(30-21(15)17)16-6-9-25-26(16)3/h4-11H,1-3H3,(H,23,27). The summed E-state index contributed by atoms with van der Waals surface area (Å²) < 4.78 is 10.1. The van der Waals surface area contributed by atoms with Crippen LogP contribution < -0.4 is 10.1 Å². The molecular weight excluding hydrogens is 416 g/mol. The molecule has 0 saturated carbocycles. The zero-order chi connectivity index (χ0) is 20.8. The van der Waals surface area contributed by atoms with E-state index < -0.39 is 0 Å². The minimum absolute atomic E-state index is 0.0652. The second-order valence-corrected chi connectivity index (χ2v) is 9.16. The van der Waals surface area contributed by atoms with Crippen LogP contribution in [-0.4, -0.2) is 27.7 Å². The van der Waals surface area contributed by atoms with Crippen LogP contribution in [0.15, 0.2) is 48.8 Å². The first-order valence-electron chi connectivity index (χ1n) is 9.35. The lowest BCUT2D eigenvalue weighted by molar-refractivity contribution is 0.0964. The Morgan fingerprint density at radius 3 is 2.77 bits per heavy atom. The first-order chi connectivity index (χ1) is 14.5. The largest absolute Gasteiger partial charge is 0.456 e. The first-order valence-corrected chi connectivity index (χ1v) is 11.0. The number of nitrogens with one attached hydrogen (secondary N) is 1. The van der Waals surface area contributed by atoms with E-state index in [4.69, 9.17) is 4.74 Å². The van der Waals surface area contributed by atoms with Gasteiger partial charge in [0.15, 0.2) is 0 Å². The average Bonchev–Trinajstić information content (AvgIpc) is 3.43. The van der Waals surface area contributed by atoms with Crippen molar-refractivity contribution >= 4 is 48.9 Å². The summed E-state index contributed by atoms with van der Waals surface area (Å²) in [5.74, 6) is 1.43. The molecule has 0 atom stereocenters. The molecule has 0 aliphatic carbocycles. The molecule has 0 saturated heterocycles. The minimum Gasteiger partial charge on any atom is -0.456 e. The van der Waals surface area contributed by atoms with E-state index in [0.29, 0.717) is 0 Å². The Balaban J connectivity index is 1.54. The van der Waals surface area contributed by atoms with E-state index >= 15 is 0 Å². The smallest absolute Gasteiger partial charge is 0.252 e. The molecule has 4 heterocycles. The number of ether oxygens (including phenoxy) is 1. The van der Waals surface area contributed by atoms with Crippen molar-refractivity contribution in [1.82, 2.24) is 20.1 Å². The maximum atomic E-state index is 12.2. The van der Waals surface area contributed by atoms with Gasteiger partial charge in [-0.3, -0.25) is 14.5 Å². The number of amides is 1. The molecule has 5 aromatic rings. The molecule has 8 heteroatoms. The third-order valence-electron chi connectivity index (χ3n) is 4.97. The number of pyridine rings is 1. The van der Waals surface area contributed by atoms with Gasteiger partial charge in [-0.1, -0.05) is 0 Å². The summed E-state index contributed by atoms with van der Waals surface area (Å²) in [5.41, 5.74) is 2.67. The number of fused-ring (bicyclic) bond motifs is 2. The fourth-order valence-electron chi connectivity index (χ4n) is 3.53. The topological polar surface area (TPSA) is 69.0 Å². The number of carbonyl (C=O) groups is 1. The molecule has 0 aliphatic heterocycles. The SMILES string of the molecule is CNC(=O)c1c(C)sc2cc(Oc3ccnc4cc(-c5ccnn5C)sc34)ccc12. The minimum atomic E-state index is -0.0652. The van der Waals surface area contributed by atoms with Crippen molar-refractivity contribution in [1.29, 1.82) is 0 Å². The van der Waals surface area contributed by atoms with Crippen LogP contribution in [0, 0.1) is 6.92 Å². The van der Waals surface area contributed by atoms with Gasteiger partial charge in [0.05, 0.1) is 26.4 Å². The van der Waals surface area contributed by atoms with Crippen molar-refractivity contribution in [3.8, 4) is 22.1 Å². The van der Waals surface area contributed by atoms with Gasteiger partial charge in [-0.25, -0.2) is 0 Å². The molecule has 4 aromatic heterocycles. The van der Waals surface area contributed by atoms with Crippen LogP contribution in [-0.2, 0) is 7.05 Å². The molecule has 0 unspecified atom stereocenters. The maximum Gasteiger partial charge on any atom is 0.252 e. The summed E-state index contributed by atoms with van der Waals surface area (Å²) in [6, 6.07) is 11.8. The number of rotatable bonds is 4. The Hall–Kier alpha value is -3.23. The number of carbonyl (C=O) groups excluding carboxylic acids is 1. The van der Waals surface area contributed by atoms with Crippen molar-refractivity contribution in [2.45, 2.75) is 6.92 Å². The van der Waals surface area contributed by atoms with Gasteiger partial charge >= 0.3 is 0 Å². The van der Waals surface area contributed by atoms with E-state index in [0.717, 1.165) is 52.8 Å². The van der Waals surface area contributed by atoms with Crippen LogP contribution >= 0.6 is 22.7 Å². The molecular formula is C22H18N4O2S2. The highest BCUT2D eigenvalue weighted by molar-refractivity contribution is 7.22. The summed E-state index contributed by atoms with van der Waals surface area (Å²) in [6.45, 7) is 1.97. The van der Waals surface area contributed by atoms with Gasteiger partial charge in [-0.05, 0) is 37.3 Å². The molecule has 0 spiro atoms. The molecule has 150 valence electrons. The Morgan fingerprint density at radius 2 is 2.00 bits per heavy atom. The normalized spacial score (nSPS) is 11.3. The van der Waals surface area contributed by atoms with Gasteiger partial charge in [0.25, 0.3) is 5.91 Å². The Morgan fingerprint density at radius 1 is 1.13 bits per heavy atom. The molecule has 0 bridgehead atoms. The van der Waals surface area contributed by atoms with E-state index in [-0.39, 0.29) is 5.91 Å². The van der Waals surface area contributed by atoms with E-state index in [9.17, 15) is 4.79 Å². The lowest BCUT2D eigenvalue weighted by Crippen LogP contribution is -2.18. The van der Waals surface area contributed by atoms with E-state index in [1.165, 1.54) is 0 Å². The highest BCUT2D eigenvalue weighted by Crippen LogP contribution is 2.40. The van der Waals surface area contributed by atoms with Gasteiger partial charge < -0.3 is 10.1 Å². The van der Waals surface area contributed by atoms with Crippen LogP contribution in [0.2, 0.25) is 0 Å². The Labute approximate surface area is 180 Å². The molecule has 1 N–H and O–H groups in total. The monoisotopic (exact) mass is 434 g/mol. The molecule has 1 amide bonds. The third-order valence-corrected chi connectivity index (χ3v) is 7.20. The van der Waals surface area contributed by atoms with Crippen molar-refractivity contribution in [2.24, 2.45) is 7.05 Å². The third kappa shape index (κ3) is 3.05. The summed E-state index contributed by atoms with van der Waals surface area (Å²) in [4.78, 5) is 18.8. The predicted molar refractivity (Wildman–Crippen MR) is 122 cm³/mol. The molecule has 1 aromatic carbocycles. The molecule has 0 radical (unpaired) electrons. The number of aryl methyl sites for hydroxylation is 2. The van der Waals surface area contributed by atoms with Crippen molar-refractivity contribution in [2.75, 3.05) is 7.05 Å². The predicted octanol–water partition coefficient (Wildman–Crippen LogP) is 5.37. The van der Waals surface area contributed by atoms with Gasteiger partial charge in [-0.15, -0.1) is 22.7 Å². The highest BCUT2D eigenvalue weighted by Gasteiger charge is 2.17. The van der Waals surface area contributed by atoms with E-state index in [1.807, 2.05) is 49.0 Å². The highest BCUT2D eigenvalue weighted by atomic mass is 32.1. The maximum absolute atomic E-state index is 12.2. The number of thiophene rings is 2. The first kappa shape index (κ1) is 18.8. The van der Waals surface area contributed by atoms with Crippen LogP contribution in [0.5, 0.6) is 11.5 Å². The van der Waals surface area contributed by atoms with Crippen molar-refractivity contribution in [3.63, 3.8) is 0 Å². The fraction of sp³-hybridized carbons (Fsp3) is 0.136. The number of nitrogens with zero attached hydrogens (tertiary/aromatic N) is 3. The molecule has 5 rings (SSSR count). The second kappa shape index (κ2) is 7.23. The average molecular weight is 435 g/mol. The van der Waals surface area contributed by atoms with E-state index in [2.05, 4.69) is 21.5 Å². The molecule has 0 aliphatic rings. The van der Waals surface area contributed by atoms with Crippen molar-refractivity contribution in [3.05, 3.63) is 59.2 Å². The van der Waals surface area contributed by atoms with Crippen molar-refractivity contribution < 1.29 is 9.53 Å². The number of aromatic nitrogens is 3. The summed E-state index contributed by atoms with van der Waals surface area (Å²) >= 11 is 3.23. The van der Waals surface area contributed by atoms with Crippen LogP contribution in [0.1, 0.15) is 15.2 Å². The quantitative estimate of drug-likeness (QED) is 0.413. The Bertz CT molecular complexity index is 1410. The fourth-order valence-corrected chi connectivity index (χ4v) is 5.75. The molecule has 0 fully saturated rings. The van der Waals surface area contributed by atoms with Gasteiger partial charge in [0.1, 0.15) is 11.5 Å².